The minimum absolute atomic E-state index is 0.183. The van der Waals surface area contributed by atoms with E-state index in [1.807, 2.05) is 17.8 Å². The lowest BCUT2D eigenvalue weighted by atomic mass is 10.1. The molecule has 2 N–H and O–H groups in total. The van der Waals surface area contributed by atoms with E-state index >= 15 is 0 Å². The molecule has 104 valence electrons. The Bertz CT molecular complexity index is 519. The third-order valence-corrected chi connectivity index (χ3v) is 4.02. The minimum atomic E-state index is 0.183. The second-order valence-corrected chi connectivity index (χ2v) is 5.72. The summed E-state index contributed by atoms with van der Waals surface area (Å²) in [6.07, 6.45) is 3.98. The zero-order valence-electron chi connectivity index (χ0n) is 11.7. The van der Waals surface area contributed by atoms with Crippen LogP contribution in [-0.2, 0) is 13.1 Å². The molecule has 0 spiro atoms. The Morgan fingerprint density at radius 1 is 1.53 bits per heavy atom. The standard InChI is InChI=1S/C13H21N5S/c1-4-18-7-11(6-15-18)13(5-14)17(3)8-12-9-19-10(2)16-12/h6-7,9,13H,4-5,8,14H2,1-3H3. The summed E-state index contributed by atoms with van der Waals surface area (Å²) in [6, 6.07) is 0.183. The van der Waals surface area contributed by atoms with E-state index in [2.05, 4.69) is 40.5 Å². The van der Waals surface area contributed by atoms with Gasteiger partial charge in [0.15, 0.2) is 0 Å². The molecule has 0 amide bonds. The van der Waals surface area contributed by atoms with Crippen molar-refractivity contribution in [1.82, 2.24) is 19.7 Å². The lowest BCUT2D eigenvalue weighted by molar-refractivity contribution is 0.239. The molecule has 0 aromatic carbocycles. The first-order valence-corrected chi connectivity index (χ1v) is 7.35. The molecule has 0 bridgehead atoms. The van der Waals surface area contributed by atoms with Crippen LogP contribution in [0, 0.1) is 6.92 Å². The molecule has 0 aliphatic rings. The summed E-state index contributed by atoms with van der Waals surface area (Å²) in [5.74, 6) is 0. The first-order valence-electron chi connectivity index (χ1n) is 6.47. The van der Waals surface area contributed by atoms with Gasteiger partial charge in [0, 0.05) is 36.8 Å². The number of aryl methyl sites for hydroxylation is 2. The van der Waals surface area contributed by atoms with Crippen molar-refractivity contribution in [2.24, 2.45) is 5.73 Å². The fraction of sp³-hybridized carbons (Fsp3) is 0.538. The molecule has 0 aliphatic heterocycles. The molecule has 0 aliphatic carbocycles. The third kappa shape index (κ3) is 3.40. The largest absolute Gasteiger partial charge is 0.329 e. The average molecular weight is 279 g/mol. The van der Waals surface area contributed by atoms with Crippen LogP contribution in [0.25, 0.3) is 0 Å². The van der Waals surface area contributed by atoms with Gasteiger partial charge in [0.1, 0.15) is 0 Å². The van der Waals surface area contributed by atoms with Crippen molar-refractivity contribution >= 4 is 11.3 Å². The number of likely N-dealkylation sites (N-methyl/N-ethyl adjacent to an activating group) is 1. The fourth-order valence-corrected chi connectivity index (χ4v) is 2.75. The van der Waals surface area contributed by atoms with E-state index in [-0.39, 0.29) is 6.04 Å². The summed E-state index contributed by atoms with van der Waals surface area (Å²) in [7, 11) is 2.08. The number of nitrogens with two attached hydrogens (primary N) is 1. The first kappa shape index (κ1) is 14.2. The lowest BCUT2D eigenvalue weighted by Crippen LogP contribution is -2.30. The molecule has 2 heterocycles. The van der Waals surface area contributed by atoms with Crippen LogP contribution in [0.2, 0.25) is 0 Å². The van der Waals surface area contributed by atoms with Gasteiger partial charge in [-0.3, -0.25) is 9.58 Å². The number of hydrogen-bond acceptors (Lipinski definition) is 5. The average Bonchev–Trinajstić information content (AvgIpc) is 3.00. The van der Waals surface area contributed by atoms with Gasteiger partial charge < -0.3 is 5.73 Å². The SMILES string of the molecule is CCn1cc(C(CN)N(C)Cc2csc(C)n2)cn1. The van der Waals surface area contributed by atoms with Gasteiger partial charge in [-0.25, -0.2) is 4.98 Å². The number of thiazole rings is 1. The van der Waals surface area contributed by atoms with Gasteiger partial charge in [-0.05, 0) is 20.9 Å². The number of hydrogen-bond donors (Lipinski definition) is 1. The van der Waals surface area contributed by atoms with Crippen LogP contribution in [-0.4, -0.2) is 33.3 Å². The predicted molar refractivity (Wildman–Crippen MR) is 78.0 cm³/mol. The number of nitrogens with zero attached hydrogens (tertiary/aromatic N) is 4. The Labute approximate surface area is 118 Å². The maximum atomic E-state index is 5.92. The van der Waals surface area contributed by atoms with Crippen molar-refractivity contribution in [2.45, 2.75) is 33.0 Å². The smallest absolute Gasteiger partial charge is 0.0897 e. The summed E-state index contributed by atoms with van der Waals surface area (Å²) in [5.41, 5.74) is 8.19. The summed E-state index contributed by atoms with van der Waals surface area (Å²) < 4.78 is 1.93. The molecule has 6 heteroatoms. The van der Waals surface area contributed by atoms with Crippen molar-refractivity contribution in [2.75, 3.05) is 13.6 Å². The van der Waals surface area contributed by atoms with Crippen LogP contribution in [0.15, 0.2) is 17.8 Å². The van der Waals surface area contributed by atoms with Crippen LogP contribution in [0.4, 0.5) is 0 Å². The van der Waals surface area contributed by atoms with Crippen LogP contribution >= 0.6 is 11.3 Å². The van der Waals surface area contributed by atoms with E-state index in [0.717, 1.165) is 23.8 Å². The highest BCUT2D eigenvalue weighted by Crippen LogP contribution is 2.20. The zero-order valence-corrected chi connectivity index (χ0v) is 12.5. The second kappa shape index (κ2) is 6.27. The Balaban J connectivity index is 2.08. The van der Waals surface area contributed by atoms with Crippen molar-refractivity contribution in [3.63, 3.8) is 0 Å². The van der Waals surface area contributed by atoms with Crippen molar-refractivity contribution < 1.29 is 0 Å². The second-order valence-electron chi connectivity index (χ2n) is 4.65. The molecule has 0 saturated carbocycles. The van der Waals surface area contributed by atoms with Crippen molar-refractivity contribution in [1.29, 1.82) is 0 Å². The van der Waals surface area contributed by atoms with E-state index in [0.29, 0.717) is 6.54 Å². The van der Waals surface area contributed by atoms with Crippen LogP contribution < -0.4 is 5.73 Å². The Hall–Kier alpha value is -1.24. The highest BCUT2D eigenvalue weighted by atomic mass is 32.1. The monoisotopic (exact) mass is 279 g/mol. The predicted octanol–water partition coefficient (Wildman–Crippen LogP) is 1.80. The van der Waals surface area contributed by atoms with Gasteiger partial charge in [-0.15, -0.1) is 11.3 Å². The molecular formula is C13H21N5S. The molecule has 19 heavy (non-hydrogen) atoms. The first-order chi connectivity index (χ1) is 9.13. The molecule has 5 nitrogen and oxygen atoms in total. The maximum Gasteiger partial charge on any atom is 0.0897 e. The van der Waals surface area contributed by atoms with Gasteiger partial charge in [0.25, 0.3) is 0 Å². The summed E-state index contributed by atoms with van der Waals surface area (Å²) in [4.78, 5) is 6.73. The quantitative estimate of drug-likeness (QED) is 0.876. The minimum Gasteiger partial charge on any atom is -0.329 e. The molecule has 0 radical (unpaired) electrons. The van der Waals surface area contributed by atoms with Crippen LogP contribution in [0.3, 0.4) is 0 Å². The highest BCUT2D eigenvalue weighted by Gasteiger charge is 2.18. The van der Waals surface area contributed by atoms with Gasteiger partial charge >= 0.3 is 0 Å². The molecule has 0 saturated heterocycles. The van der Waals surface area contributed by atoms with Gasteiger partial charge in [-0.2, -0.15) is 5.10 Å². The van der Waals surface area contributed by atoms with E-state index in [1.54, 1.807) is 11.3 Å². The Morgan fingerprint density at radius 3 is 2.84 bits per heavy atom. The van der Waals surface area contributed by atoms with Gasteiger partial charge in [-0.1, -0.05) is 0 Å². The van der Waals surface area contributed by atoms with E-state index < -0.39 is 0 Å². The summed E-state index contributed by atoms with van der Waals surface area (Å²) in [5, 5.41) is 7.53. The van der Waals surface area contributed by atoms with Crippen molar-refractivity contribution in [3.05, 3.63) is 34.0 Å². The molecule has 2 rings (SSSR count). The Kier molecular flexibility index (Phi) is 4.68. The van der Waals surface area contributed by atoms with Crippen molar-refractivity contribution in [3.8, 4) is 0 Å². The molecular weight excluding hydrogens is 258 g/mol. The van der Waals surface area contributed by atoms with E-state index in [4.69, 9.17) is 5.73 Å². The lowest BCUT2D eigenvalue weighted by Gasteiger charge is -2.25. The van der Waals surface area contributed by atoms with Gasteiger partial charge in [0.2, 0.25) is 0 Å². The molecule has 1 unspecified atom stereocenters. The van der Waals surface area contributed by atoms with E-state index in [9.17, 15) is 0 Å². The normalized spacial score (nSPS) is 13.1. The van der Waals surface area contributed by atoms with E-state index in [1.165, 1.54) is 5.56 Å². The topological polar surface area (TPSA) is 60.0 Å². The highest BCUT2D eigenvalue weighted by molar-refractivity contribution is 7.09. The maximum absolute atomic E-state index is 5.92. The number of rotatable bonds is 6. The number of aromatic nitrogens is 3. The van der Waals surface area contributed by atoms with Gasteiger partial charge in [0.05, 0.1) is 22.9 Å². The third-order valence-electron chi connectivity index (χ3n) is 3.20. The molecule has 0 fully saturated rings. The zero-order chi connectivity index (χ0) is 13.8. The fourth-order valence-electron chi connectivity index (χ4n) is 2.14. The molecule has 2 aromatic heterocycles. The summed E-state index contributed by atoms with van der Waals surface area (Å²) >= 11 is 1.68. The molecule has 1 atom stereocenters. The van der Waals surface area contributed by atoms with Crippen LogP contribution in [0.1, 0.15) is 29.2 Å². The summed E-state index contributed by atoms with van der Waals surface area (Å²) in [6.45, 7) is 6.38. The Morgan fingerprint density at radius 2 is 2.32 bits per heavy atom. The van der Waals surface area contributed by atoms with Crippen LogP contribution in [0.5, 0.6) is 0 Å². The molecule has 2 aromatic rings.